The first-order chi connectivity index (χ1) is 7.24. The summed E-state index contributed by atoms with van der Waals surface area (Å²) in [4.78, 5) is 0. The van der Waals surface area contributed by atoms with Crippen molar-refractivity contribution in [2.24, 2.45) is 0 Å². The van der Waals surface area contributed by atoms with Crippen LogP contribution in [-0.4, -0.2) is 7.11 Å². The van der Waals surface area contributed by atoms with E-state index in [1.165, 1.54) is 10.9 Å². The molecule has 0 unspecified atom stereocenters. The fraction of sp³-hybridized carbons (Fsp3) is 0.0769. The lowest BCUT2D eigenvalue weighted by molar-refractivity contribution is 0.420. The summed E-state index contributed by atoms with van der Waals surface area (Å²) in [6.45, 7) is 3.98. The van der Waals surface area contributed by atoms with E-state index < -0.39 is 0 Å². The Morgan fingerprint density at radius 1 is 1.13 bits per heavy atom. The zero-order chi connectivity index (χ0) is 10.8. The summed E-state index contributed by atoms with van der Waals surface area (Å²) < 4.78 is 6.38. The van der Waals surface area contributed by atoms with Crippen molar-refractivity contribution in [3.05, 3.63) is 48.5 Å². The molecule has 0 fully saturated rings. The summed E-state index contributed by atoms with van der Waals surface area (Å²) in [6, 6.07) is 12.3. The Balaban J connectivity index is 2.83. The highest BCUT2D eigenvalue weighted by molar-refractivity contribution is 14.1. The zero-order valence-corrected chi connectivity index (χ0v) is 10.6. The Labute approximate surface area is 103 Å². The van der Waals surface area contributed by atoms with Crippen molar-refractivity contribution in [3.8, 4) is 5.75 Å². The standard InChI is InChI=1S/C13H11IO/c1-9(14)10-7-8-13(15-2)12-6-4-3-5-11(10)12/h3-8H,1H2,2H3. The highest BCUT2D eigenvalue weighted by Gasteiger charge is 2.06. The number of hydrogen-bond donors (Lipinski definition) is 0. The second kappa shape index (κ2) is 4.23. The van der Waals surface area contributed by atoms with E-state index in [0.29, 0.717) is 0 Å². The zero-order valence-electron chi connectivity index (χ0n) is 8.46. The van der Waals surface area contributed by atoms with E-state index in [4.69, 9.17) is 4.74 Å². The molecule has 0 saturated heterocycles. The highest BCUT2D eigenvalue weighted by atomic mass is 127. The van der Waals surface area contributed by atoms with Crippen LogP contribution in [0.3, 0.4) is 0 Å². The molecule has 1 nitrogen and oxygen atoms in total. The van der Waals surface area contributed by atoms with Crippen LogP contribution in [0.25, 0.3) is 14.4 Å². The number of ether oxygens (including phenoxy) is 1. The molecule has 0 amide bonds. The molecule has 0 aliphatic carbocycles. The van der Waals surface area contributed by atoms with Crippen molar-refractivity contribution >= 4 is 36.9 Å². The number of benzene rings is 2. The molecule has 2 aromatic rings. The van der Waals surface area contributed by atoms with Gasteiger partial charge in [0.25, 0.3) is 0 Å². The van der Waals surface area contributed by atoms with Crippen LogP contribution in [0.15, 0.2) is 43.0 Å². The van der Waals surface area contributed by atoms with Crippen LogP contribution in [0.2, 0.25) is 0 Å². The van der Waals surface area contributed by atoms with Gasteiger partial charge in [-0.1, -0.05) is 30.8 Å². The van der Waals surface area contributed by atoms with Crippen molar-refractivity contribution in [1.29, 1.82) is 0 Å². The Bertz CT molecular complexity index is 517. The molecule has 0 N–H and O–H groups in total. The van der Waals surface area contributed by atoms with Crippen LogP contribution in [-0.2, 0) is 0 Å². The van der Waals surface area contributed by atoms with Crippen LogP contribution < -0.4 is 4.74 Å². The van der Waals surface area contributed by atoms with E-state index in [-0.39, 0.29) is 0 Å². The predicted molar refractivity (Wildman–Crippen MR) is 73.6 cm³/mol. The molecule has 2 rings (SSSR count). The third kappa shape index (κ3) is 1.86. The van der Waals surface area contributed by atoms with Gasteiger partial charge in [-0.05, 0) is 45.7 Å². The van der Waals surface area contributed by atoms with Gasteiger partial charge >= 0.3 is 0 Å². The first-order valence-electron chi connectivity index (χ1n) is 4.64. The Kier molecular flexibility index (Phi) is 2.95. The van der Waals surface area contributed by atoms with E-state index >= 15 is 0 Å². The summed E-state index contributed by atoms with van der Waals surface area (Å²) in [7, 11) is 1.69. The van der Waals surface area contributed by atoms with Gasteiger partial charge in [-0.15, -0.1) is 0 Å². The molecule has 0 aliphatic rings. The first-order valence-corrected chi connectivity index (χ1v) is 5.72. The van der Waals surface area contributed by atoms with Crippen LogP contribution in [0, 0.1) is 0 Å². The van der Waals surface area contributed by atoms with Crippen molar-refractivity contribution < 1.29 is 4.74 Å². The van der Waals surface area contributed by atoms with Gasteiger partial charge in [0.15, 0.2) is 0 Å². The summed E-state index contributed by atoms with van der Waals surface area (Å²) >= 11 is 2.24. The van der Waals surface area contributed by atoms with E-state index in [9.17, 15) is 0 Å². The third-order valence-corrected chi connectivity index (χ3v) is 2.98. The van der Waals surface area contributed by atoms with E-state index in [1.807, 2.05) is 18.2 Å². The highest BCUT2D eigenvalue weighted by Crippen LogP contribution is 2.33. The van der Waals surface area contributed by atoms with Crippen molar-refractivity contribution in [2.45, 2.75) is 0 Å². The lowest BCUT2D eigenvalue weighted by Crippen LogP contribution is -1.87. The molecule has 76 valence electrons. The number of methoxy groups -OCH3 is 1. The van der Waals surface area contributed by atoms with Crippen molar-refractivity contribution in [1.82, 2.24) is 0 Å². The molecule has 2 aromatic carbocycles. The second-order valence-electron chi connectivity index (χ2n) is 3.27. The van der Waals surface area contributed by atoms with Crippen LogP contribution in [0.4, 0.5) is 0 Å². The van der Waals surface area contributed by atoms with Crippen molar-refractivity contribution in [3.63, 3.8) is 0 Å². The number of fused-ring (bicyclic) bond motifs is 1. The topological polar surface area (TPSA) is 9.23 Å². The van der Waals surface area contributed by atoms with Crippen LogP contribution >= 0.6 is 22.6 Å². The smallest absolute Gasteiger partial charge is 0.126 e. The van der Waals surface area contributed by atoms with Crippen LogP contribution in [0.1, 0.15) is 5.56 Å². The maximum Gasteiger partial charge on any atom is 0.126 e. The predicted octanol–water partition coefficient (Wildman–Crippen LogP) is 4.25. The van der Waals surface area contributed by atoms with E-state index in [0.717, 1.165) is 14.7 Å². The van der Waals surface area contributed by atoms with Gasteiger partial charge in [0, 0.05) is 8.97 Å². The SMILES string of the molecule is C=C(I)c1ccc(OC)c2ccccc12. The number of hydrogen-bond acceptors (Lipinski definition) is 1. The summed E-state index contributed by atoms with van der Waals surface area (Å²) in [5.74, 6) is 0.909. The normalized spacial score (nSPS) is 10.3. The minimum Gasteiger partial charge on any atom is -0.496 e. The molecule has 0 saturated carbocycles. The van der Waals surface area contributed by atoms with E-state index in [2.05, 4.69) is 47.4 Å². The summed E-state index contributed by atoms with van der Waals surface area (Å²) in [6.07, 6.45) is 0. The maximum absolute atomic E-state index is 5.33. The lowest BCUT2D eigenvalue weighted by Gasteiger charge is -2.09. The van der Waals surface area contributed by atoms with Gasteiger partial charge in [-0.2, -0.15) is 0 Å². The molecule has 15 heavy (non-hydrogen) atoms. The molecule has 0 bridgehead atoms. The second-order valence-corrected chi connectivity index (χ2v) is 4.57. The molecule has 0 radical (unpaired) electrons. The fourth-order valence-corrected chi connectivity index (χ4v) is 2.16. The van der Waals surface area contributed by atoms with Gasteiger partial charge < -0.3 is 4.74 Å². The molecular weight excluding hydrogens is 299 g/mol. The minimum atomic E-state index is 0.909. The molecule has 2 heteroatoms. The van der Waals surface area contributed by atoms with Gasteiger partial charge in [-0.3, -0.25) is 0 Å². The lowest BCUT2D eigenvalue weighted by atomic mass is 10.0. The number of rotatable bonds is 2. The molecular formula is C13H11IO. The largest absolute Gasteiger partial charge is 0.496 e. The summed E-state index contributed by atoms with van der Waals surface area (Å²) in [5.41, 5.74) is 1.17. The van der Waals surface area contributed by atoms with E-state index in [1.54, 1.807) is 7.11 Å². The number of halogens is 1. The Morgan fingerprint density at radius 2 is 1.80 bits per heavy atom. The van der Waals surface area contributed by atoms with Gasteiger partial charge in [-0.25, -0.2) is 0 Å². The first kappa shape index (κ1) is 10.5. The van der Waals surface area contributed by atoms with Gasteiger partial charge in [0.1, 0.15) is 5.75 Å². The average Bonchev–Trinajstić information content (AvgIpc) is 2.27. The molecule has 0 aliphatic heterocycles. The minimum absolute atomic E-state index is 0.909. The monoisotopic (exact) mass is 310 g/mol. The Hall–Kier alpha value is -1.03. The fourth-order valence-electron chi connectivity index (χ4n) is 1.69. The molecule has 0 spiro atoms. The molecule has 0 heterocycles. The summed E-state index contributed by atoms with van der Waals surface area (Å²) in [5, 5.41) is 2.33. The molecule has 0 aromatic heterocycles. The Morgan fingerprint density at radius 3 is 2.40 bits per heavy atom. The third-order valence-electron chi connectivity index (χ3n) is 2.40. The average molecular weight is 310 g/mol. The quantitative estimate of drug-likeness (QED) is 0.753. The molecule has 0 atom stereocenters. The van der Waals surface area contributed by atoms with Gasteiger partial charge in [0.2, 0.25) is 0 Å². The van der Waals surface area contributed by atoms with Gasteiger partial charge in [0.05, 0.1) is 7.11 Å². The maximum atomic E-state index is 5.33. The van der Waals surface area contributed by atoms with Crippen LogP contribution in [0.5, 0.6) is 5.75 Å². The van der Waals surface area contributed by atoms with Crippen molar-refractivity contribution in [2.75, 3.05) is 7.11 Å².